The van der Waals surface area contributed by atoms with Crippen LogP contribution in [0.5, 0.6) is 5.75 Å². The molecule has 1 aromatic heterocycles. The van der Waals surface area contributed by atoms with Crippen molar-refractivity contribution in [3.63, 3.8) is 0 Å². The molecule has 176 valence electrons. The van der Waals surface area contributed by atoms with Gasteiger partial charge in [0.25, 0.3) is 0 Å². The van der Waals surface area contributed by atoms with Gasteiger partial charge >= 0.3 is 0 Å². The van der Waals surface area contributed by atoms with Gasteiger partial charge in [0.05, 0.1) is 18.7 Å². The third-order valence-electron chi connectivity index (χ3n) is 6.21. The summed E-state index contributed by atoms with van der Waals surface area (Å²) in [7, 11) is 1.60. The topological polar surface area (TPSA) is 71.5 Å². The molecule has 1 saturated heterocycles. The van der Waals surface area contributed by atoms with Gasteiger partial charge in [-0.1, -0.05) is 36.4 Å². The number of aromatic nitrogens is 1. The van der Waals surface area contributed by atoms with E-state index in [9.17, 15) is 9.59 Å². The van der Waals surface area contributed by atoms with Crippen molar-refractivity contribution in [3.05, 3.63) is 83.7 Å². The molecular weight excluding hydrogens is 458 g/mol. The van der Waals surface area contributed by atoms with Crippen molar-refractivity contribution < 1.29 is 14.3 Å². The lowest BCUT2D eigenvalue weighted by atomic mass is 10.1. The third kappa shape index (κ3) is 4.81. The zero-order chi connectivity index (χ0) is 24.4. The number of amides is 2. The fraction of sp³-hybridized carbons (Fsp3) is 0.179. The molecule has 1 unspecified atom stereocenters. The number of rotatable bonds is 6. The number of thiazole rings is 1. The number of nitrogens with zero attached hydrogens (tertiary/aromatic N) is 2. The zero-order valence-corrected chi connectivity index (χ0v) is 20.3. The third-order valence-corrected chi connectivity index (χ3v) is 7.08. The predicted octanol–water partition coefficient (Wildman–Crippen LogP) is 5.79. The Labute approximate surface area is 208 Å². The van der Waals surface area contributed by atoms with Crippen LogP contribution in [0.1, 0.15) is 12.0 Å². The molecule has 3 aromatic carbocycles. The summed E-state index contributed by atoms with van der Waals surface area (Å²) in [5, 5.41) is 5.99. The second-order valence-electron chi connectivity index (χ2n) is 8.52. The number of anilines is 2. The molecule has 1 aliphatic rings. The largest absolute Gasteiger partial charge is 0.497 e. The SMILES string of the molecule is COc1ccc(N2CC(C(=O)Nc3ccc(-c4csc(-c5ccccc5C)n4)cc3)CC2=O)cc1. The molecule has 35 heavy (non-hydrogen) atoms. The van der Waals surface area contributed by atoms with Crippen molar-refractivity contribution >= 4 is 34.5 Å². The van der Waals surface area contributed by atoms with Crippen molar-refractivity contribution in [1.29, 1.82) is 0 Å². The van der Waals surface area contributed by atoms with Crippen LogP contribution in [0.2, 0.25) is 0 Å². The minimum atomic E-state index is -0.403. The maximum atomic E-state index is 12.9. The highest BCUT2D eigenvalue weighted by atomic mass is 32.1. The van der Waals surface area contributed by atoms with Gasteiger partial charge in [0.15, 0.2) is 0 Å². The molecule has 4 aromatic rings. The van der Waals surface area contributed by atoms with E-state index in [0.717, 1.165) is 33.3 Å². The number of benzene rings is 3. The lowest BCUT2D eigenvalue weighted by Gasteiger charge is -2.17. The normalized spacial score (nSPS) is 15.3. The molecule has 1 atom stereocenters. The minimum absolute atomic E-state index is 0.0568. The molecule has 6 nitrogen and oxygen atoms in total. The first kappa shape index (κ1) is 22.8. The van der Waals surface area contributed by atoms with E-state index in [1.165, 1.54) is 5.56 Å². The second kappa shape index (κ2) is 9.72. The van der Waals surface area contributed by atoms with E-state index < -0.39 is 5.92 Å². The van der Waals surface area contributed by atoms with Crippen molar-refractivity contribution in [3.8, 4) is 27.6 Å². The van der Waals surface area contributed by atoms with Gasteiger partial charge in [-0.05, 0) is 48.9 Å². The molecule has 0 bridgehead atoms. The van der Waals surface area contributed by atoms with Gasteiger partial charge < -0.3 is 15.0 Å². The molecule has 0 saturated carbocycles. The first-order valence-corrected chi connectivity index (χ1v) is 12.3. The second-order valence-corrected chi connectivity index (χ2v) is 9.38. The Kier molecular flexibility index (Phi) is 6.33. The minimum Gasteiger partial charge on any atom is -0.497 e. The summed E-state index contributed by atoms with van der Waals surface area (Å²) in [5.74, 6) is 0.109. The van der Waals surface area contributed by atoms with Crippen LogP contribution in [-0.2, 0) is 9.59 Å². The fourth-order valence-corrected chi connectivity index (χ4v) is 5.13. The van der Waals surface area contributed by atoms with E-state index in [1.807, 2.05) is 66.0 Å². The summed E-state index contributed by atoms with van der Waals surface area (Å²) in [6.45, 7) is 2.44. The van der Waals surface area contributed by atoms with Gasteiger partial charge in [0.2, 0.25) is 11.8 Å². The van der Waals surface area contributed by atoms with E-state index in [-0.39, 0.29) is 18.2 Å². The molecule has 2 heterocycles. The quantitative estimate of drug-likeness (QED) is 0.377. The predicted molar refractivity (Wildman–Crippen MR) is 140 cm³/mol. The number of ether oxygens (including phenoxy) is 1. The number of nitrogens with one attached hydrogen (secondary N) is 1. The van der Waals surface area contributed by atoms with E-state index in [2.05, 4.69) is 24.4 Å². The molecule has 0 aliphatic carbocycles. The van der Waals surface area contributed by atoms with Crippen molar-refractivity contribution in [2.45, 2.75) is 13.3 Å². The average Bonchev–Trinajstić information content (AvgIpc) is 3.52. The fourth-order valence-electron chi connectivity index (χ4n) is 4.21. The number of hydrogen-bond acceptors (Lipinski definition) is 5. The van der Waals surface area contributed by atoms with E-state index >= 15 is 0 Å². The summed E-state index contributed by atoms with van der Waals surface area (Å²) in [6, 6.07) is 23.2. The van der Waals surface area contributed by atoms with Crippen LogP contribution < -0.4 is 15.0 Å². The van der Waals surface area contributed by atoms with Crippen molar-refractivity contribution in [2.75, 3.05) is 23.9 Å². The molecule has 2 amide bonds. The summed E-state index contributed by atoms with van der Waals surface area (Å²) >= 11 is 1.62. The smallest absolute Gasteiger partial charge is 0.229 e. The Morgan fingerprint density at radius 3 is 2.51 bits per heavy atom. The first-order chi connectivity index (χ1) is 17.0. The van der Waals surface area contributed by atoms with E-state index in [0.29, 0.717) is 12.2 Å². The van der Waals surface area contributed by atoms with Gasteiger partial charge in [-0.25, -0.2) is 4.98 Å². The lowest BCUT2D eigenvalue weighted by Crippen LogP contribution is -2.28. The summed E-state index contributed by atoms with van der Waals surface area (Å²) in [4.78, 5) is 31.9. The van der Waals surface area contributed by atoms with E-state index in [1.54, 1.807) is 23.3 Å². The Morgan fingerprint density at radius 1 is 1.06 bits per heavy atom. The zero-order valence-electron chi connectivity index (χ0n) is 19.5. The molecule has 7 heteroatoms. The number of carbonyl (C=O) groups is 2. The molecule has 0 radical (unpaired) electrons. The average molecular weight is 484 g/mol. The Bertz CT molecular complexity index is 1360. The van der Waals surface area contributed by atoms with Crippen LogP contribution in [0.3, 0.4) is 0 Å². The Balaban J connectivity index is 1.23. The van der Waals surface area contributed by atoms with Crippen molar-refractivity contribution in [2.24, 2.45) is 5.92 Å². The maximum Gasteiger partial charge on any atom is 0.229 e. The summed E-state index contributed by atoms with van der Waals surface area (Å²) < 4.78 is 5.18. The van der Waals surface area contributed by atoms with Gasteiger partial charge in [0.1, 0.15) is 10.8 Å². The molecule has 5 rings (SSSR count). The maximum absolute atomic E-state index is 12.9. The molecule has 1 N–H and O–H groups in total. The molecule has 1 fully saturated rings. The highest BCUT2D eigenvalue weighted by molar-refractivity contribution is 7.13. The molecular formula is C28H25N3O3S. The number of hydrogen-bond donors (Lipinski definition) is 1. The Hall–Kier alpha value is -3.97. The van der Waals surface area contributed by atoms with Gasteiger partial charge in [-0.2, -0.15) is 0 Å². The van der Waals surface area contributed by atoms with Crippen LogP contribution in [0, 0.1) is 12.8 Å². The van der Waals surface area contributed by atoms with Crippen molar-refractivity contribution in [1.82, 2.24) is 4.98 Å². The highest BCUT2D eigenvalue weighted by Crippen LogP contribution is 2.32. The number of carbonyl (C=O) groups excluding carboxylic acids is 2. The molecule has 1 aliphatic heterocycles. The highest BCUT2D eigenvalue weighted by Gasteiger charge is 2.35. The molecule has 0 spiro atoms. The summed E-state index contributed by atoms with van der Waals surface area (Å²) in [6.07, 6.45) is 0.191. The number of aryl methyl sites for hydroxylation is 1. The Morgan fingerprint density at radius 2 is 1.80 bits per heavy atom. The lowest BCUT2D eigenvalue weighted by molar-refractivity contribution is -0.122. The van der Waals surface area contributed by atoms with Gasteiger partial charge in [-0.3, -0.25) is 9.59 Å². The van der Waals surface area contributed by atoms with Crippen LogP contribution in [-0.4, -0.2) is 30.5 Å². The standard InChI is InChI=1S/C28H25N3O3S/c1-18-5-3-4-6-24(18)28-30-25(17-35-28)19-7-9-21(10-8-19)29-27(33)20-15-26(32)31(16-20)22-11-13-23(34-2)14-12-22/h3-14,17,20H,15-16H2,1-2H3,(H,29,33). The summed E-state index contributed by atoms with van der Waals surface area (Å²) in [5.41, 5.74) is 5.69. The van der Waals surface area contributed by atoms with Crippen LogP contribution in [0.25, 0.3) is 21.8 Å². The monoisotopic (exact) mass is 483 g/mol. The van der Waals surface area contributed by atoms with Gasteiger partial charge in [0, 0.05) is 40.8 Å². The van der Waals surface area contributed by atoms with Crippen LogP contribution in [0.15, 0.2) is 78.2 Å². The number of methoxy groups -OCH3 is 1. The van der Waals surface area contributed by atoms with E-state index in [4.69, 9.17) is 9.72 Å². The first-order valence-electron chi connectivity index (χ1n) is 11.4. The van der Waals surface area contributed by atoms with Gasteiger partial charge in [-0.15, -0.1) is 11.3 Å². The van der Waals surface area contributed by atoms with Crippen LogP contribution >= 0.6 is 11.3 Å². The van der Waals surface area contributed by atoms with Crippen LogP contribution in [0.4, 0.5) is 11.4 Å².